The van der Waals surface area contributed by atoms with Gasteiger partial charge in [0, 0.05) is 18.9 Å². The third-order valence-electron chi connectivity index (χ3n) is 4.37. The molecule has 1 aromatic rings. The molecule has 1 amide bonds. The highest BCUT2D eigenvalue weighted by Gasteiger charge is 2.56. The summed E-state index contributed by atoms with van der Waals surface area (Å²) in [4.78, 5) is 12.1. The smallest absolute Gasteiger partial charge is 0.238 e. The molecule has 2 fully saturated rings. The van der Waals surface area contributed by atoms with E-state index in [1.807, 2.05) is 30.3 Å². The van der Waals surface area contributed by atoms with Gasteiger partial charge in [-0.25, -0.2) is 4.39 Å². The summed E-state index contributed by atoms with van der Waals surface area (Å²) in [6.45, 7) is 0.213. The molecule has 2 unspecified atom stereocenters. The summed E-state index contributed by atoms with van der Waals surface area (Å²) >= 11 is 0. The van der Waals surface area contributed by atoms with Crippen molar-refractivity contribution in [3.05, 3.63) is 35.9 Å². The second-order valence-electron chi connectivity index (χ2n) is 5.96. The molecule has 1 saturated carbocycles. The van der Waals surface area contributed by atoms with E-state index in [1.54, 1.807) is 0 Å². The summed E-state index contributed by atoms with van der Waals surface area (Å²) < 4.78 is 13.1. The van der Waals surface area contributed by atoms with Gasteiger partial charge in [-0.15, -0.1) is 0 Å². The van der Waals surface area contributed by atoms with E-state index in [0.717, 1.165) is 12.0 Å². The Hall–Kier alpha value is -1.93. The maximum absolute atomic E-state index is 13.1. The molecule has 5 heteroatoms. The van der Waals surface area contributed by atoms with E-state index in [1.165, 1.54) is 0 Å². The highest BCUT2D eigenvalue weighted by molar-refractivity contribution is 5.84. The minimum Gasteiger partial charge on any atom is -0.336 e. The summed E-state index contributed by atoms with van der Waals surface area (Å²) in [5, 5.41) is 15.1. The van der Waals surface area contributed by atoms with Crippen molar-refractivity contribution >= 4 is 5.91 Å². The quantitative estimate of drug-likeness (QED) is 0.878. The van der Waals surface area contributed by atoms with Crippen LogP contribution >= 0.6 is 0 Å². The van der Waals surface area contributed by atoms with Crippen LogP contribution in [-0.4, -0.2) is 30.2 Å². The molecular formula is C16H18FN3O. The topological polar surface area (TPSA) is 64.9 Å². The molecule has 1 aliphatic carbocycles. The minimum atomic E-state index is -0.974. The van der Waals surface area contributed by atoms with Gasteiger partial charge in [-0.1, -0.05) is 30.3 Å². The number of nitrogens with zero attached hydrogens (tertiary/aromatic N) is 1. The van der Waals surface area contributed by atoms with E-state index in [9.17, 15) is 14.4 Å². The number of alkyl halides is 1. The number of carbonyl (C=O) groups excluding carboxylic acids is 1. The van der Waals surface area contributed by atoms with Crippen LogP contribution in [0.3, 0.4) is 0 Å². The van der Waals surface area contributed by atoms with Crippen LogP contribution in [0.5, 0.6) is 0 Å². The summed E-state index contributed by atoms with van der Waals surface area (Å²) in [5.74, 6) is -0.122. The van der Waals surface area contributed by atoms with E-state index >= 15 is 0 Å². The highest BCUT2D eigenvalue weighted by atomic mass is 19.1. The number of rotatable bonds is 4. The summed E-state index contributed by atoms with van der Waals surface area (Å²) in [7, 11) is 0. The highest BCUT2D eigenvalue weighted by Crippen LogP contribution is 2.45. The van der Waals surface area contributed by atoms with E-state index < -0.39 is 17.8 Å². The lowest BCUT2D eigenvalue weighted by molar-refractivity contribution is -0.123. The summed E-state index contributed by atoms with van der Waals surface area (Å²) in [6, 6.07) is 11.7. The number of hydrogen-bond acceptors (Lipinski definition) is 3. The lowest BCUT2D eigenvalue weighted by atomic mass is 10.1. The Morgan fingerprint density at radius 3 is 2.86 bits per heavy atom. The number of carbonyl (C=O) groups is 1. The van der Waals surface area contributed by atoms with Crippen LogP contribution in [0.1, 0.15) is 18.4 Å². The molecule has 0 aromatic heterocycles. The van der Waals surface area contributed by atoms with E-state index in [2.05, 4.69) is 16.7 Å². The average Bonchev–Trinajstić information content (AvgIpc) is 2.96. The maximum atomic E-state index is 13.1. The number of benzene rings is 1. The number of halogens is 1. The largest absolute Gasteiger partial charge is 0.336 e. The van der Waals surface area contributed by atoms with Crippen LogP contribution in [0.25, 0.3) is 0 Å². The van der Waals surface area contributed by atoms with Crippen LogP contribution in [0.15, 0.2) is 30.3 Å². The summed E-state index contributed by atoms with van der Waals surface area (Å²) in [6.07, 6.45) is 0.656. The van der Waals surface area contributed by atoms with Gasteiger partial charge in [-0.3, -0.25) is 4.79 Å². The Bertz CT molecular complexity index is 571. The maximum Gasteiger partial charge on any atom is 0.238 e. The molecule has 1 saturated heterocycles. The van der Waals surface area contributed by atoms with Crippen molar-refractivity contribution < 1.29 is 9.18 Å². The first-order valence-corrected chi connectivity index (χ1v) is 7.27. The van der Waals surface area contributed by atoms with Crippen molar-refractivity contribution in [3.63, 3.8) is 0 Å². The van der Waals surface area contributed by atoms with Crippen LogP contribution in [-0.2, 0) is 11.2 Å². The molecule has 0 bridgehead atoms. The molecule has 4 atom stereocenters. The van der Waals surface area contributed by atoms with Crippen molar-refractivity contribution in [1.29, 1.82) is 5.26 Å². The Labute approximate surface area is 123 Å². The van der Waals surface area contributed by atoms with Crippen molar-refractivity contribution in [1.82, 2.24) is 10.6 Å². The SMILES string of the molecule is N#CC1(NC(=O)[C@@H]2C[C@H](F)CN2)CC1Cc1ccccc1. The van der Waals surface area contributed by atoms with Crippen LogP contribution in [0, 0.1) is 17.2 Å². The molecule has 3 rings (SSSR count). The second kappa shape index (κ2) is 5.45. The molecule has 0 radical (unpaired) electrons. The molecule has 2 N–H and O–H groups in total. The standard InChI is InChI=1S/C16H18FN3O/c17-13-7-14(19-9-13)15(21)20-16(10-18)8-12(16)6-11-4-2-1-3-5-11/h1-5,12-14,19H,6-9H2,(H,20,21)/t12?,13-,14-,16?/m0/s1. The Morgan fingerprint density at radius 2 is 2.24 bits per heavy atom. The van der Waals surface area contributed by atoms with Crippen LogP contribution in [0.2, 0.25) is 0 Å². The molecule has 2 aliphatic rings. The Kier molecular flexibility index (Phi) is 3.64. The van der Waals surface area contributed by atoms with Gasteiger partial charge in [-0.2, -0.15) is 5.26 Å². The fourth-order valence-corrected chi connectivity index (χ4v) is 2.99. The van der Waals surface area contributed by atoms with E-state index in [4.69, 9.17) is 0 Å². The predicted octanol–water partition coefficient (Wildman–Crippen LogP) is 1.33. The van der Waals surface area contributed by atoms with Crippen molar-refractivity contribution in [2.45, 2.75) is 37.0 Å². The molecule has 1 aromatic carbocycles. The number of hydrogen-bond donors (Lipinski definition) is 2. The summed E-state index contributed by atoms with van der Waals surface area (Å²) in [5.41, 5.74) is 0.389. The van der Waals surface area contributed by atoms with Gasteiger partial charge < -0.3 is 10.6 Å². The molecule has 1 aliphatic heterocycles. The van der Waals surface area contributed by atoms with Crippen molar-refractivity contribution in [2.24, 2.45) is 5.92 Å². The van der Waals surface area contributed by atoms with Gasteiger partial charge in [0.15, 0.2) is 0 Å². The van der Waals surface area contributed by atoms with Gasteiger partial charge in [0.05, 0.1) is 12.1 Å². The zero-order valence-electron chi connectivity index (χ0n) is 11.7. The minimum absolute atomic E-state index is 0.136. The van der Waals surface area contributed by atoms with Crippen LogP contribution in [0.4, 0.5) is 4.39 Å². The van der Waals surface area contributed by atoms with E-state index in [-0.39, 0.29) is 24.8 Å². The van der Waals surface area contributed by atoms with Gasteiger partial charge in [-0.05, 0) is 18.4 Å². The van der Waals surface area contributed by atoms with Crippen LogP contribution < -0.4 is 10.6 Å². The number of amides is 1. The molecule has 4 nitrogen and oxygen atoms in total. The van der Waals surface area contributed by atoms with Crippen molar-refractivity contribution in [3.8, 4) is 6.07 Å². The third-order valence-corrected chi connectivity index (χ3v) is 4.37. The van der Waals surface area contributed by atoms with E-state index in [0.29, 0.717) is 6.42 Å². The lowest BCUT2D eigenvalue weighted by Crippen LogP contribution is -2.47. The molecule has 110 valence electrons. The fourth-order valence-electron chi connectivity index (χ4n) is 2.99. The first-order valence-electron chi connectivity index (χ1n) is 7.27. The number of nitriles is 1. The number of nitrogens with one attached hydrogen (secondary N) is 2. The van der Waals surface area contributed by atoms with Gasteiger partial charge in [0.2, 0.25) is 5.91 Å². The first-order chi connectivity index (χ1) is 10.1. The Balaban J connectivity index is 1.59. The lowest BCUT2D eigenvalue weighted by Gasteiger charge is -2.15. The van der Waals surface area contributed by atoms with Crippen molar-refractivity contribution in [2.75, 3.05) is 6.54 Å². The molecule has 21 heavy (non-hydrogen) atoms. The monoisotopic (exact) mass is 287 g/mol. The third kappa shape index (κ3) is 2.91. The zero-order valence-corrected chi connectivity index (χ0v) is 11.7. The van der Waals surface area contributed by atoms with Gasteiger partial charge >= 0.3 is 0 Å². The van der Waals surface area contributed by atoms with Gasteiger partial charge in [0.25, 0.3) is 0 Å². The average molecular weight is 287 g/mol. The zero-order chi connectivity index (χ0) is 14.9. The van der Waals surface area contributed by atoms with Gasteiger partial charge in [0.1, 0.15) is 11.7 Å². The molecule has 0 spiro atoms. The first kappa shape index (κ1) is 14.0. The molecule has 1 heterocycles. The Morgan fingerprint density at radius 1 is 1.48 bits per heavy atom. The second-order valence-corrected chi connectivity index (χ2v) is 5.96. The fraction of sp³-hybridized carbons (Fsp3) is 0.500. The molecular weight excluding hydrogens is 269 g/mol. The predicted molar refractivity (Wildman–Crippen MR) is 76.0 cm³/mol. The normalized spacial score (nSPS) is 34.2.